The molecule has 5 heteroatoms. The number of rotatable bonds is 3. The van der Waals surface area contributed by atoms with E-state index >= 15 is 0 Å². The zero-order valence-electron chi connectivity index (χ0n) is 12.2. The van der Waals surface area contributed by atoms with Crippen LogP contribution in [0.5, 0.6) is 0 Å². The SMILES string of the molecule is CC1=NC=C(CO)[N+]1(c1ccc(N)cc1)c1ccc(Cl)cc1. The monoisotopic (exact) mass is 314 g/mol. The van der Waals surface area contributed by atoms with E-state index in [2.05, 4.69) is 4.99 Å². The molecule has 3 rings (SSSR count). The van der Waals surface area contributed by atoms with Gasteiger partial charge < -0.3 is 10.8 Å². The van der Waals surface area contributed by atoms with Crippen LogP contribution in [0.2, 0.25) is 5.02 Å². The lowest BCUT2D eigenvalue weighted by Crippen LogP contribution is -2.46. The van der Waals surface area contributed by atoms with Gasteiger partial charge in [0.05, 0.1) is 6.20 Å². The first-order valence-corrected chi connectivity index (χ1v) is 7.33. The van der Waals surface area contributed by atoms with E-state index in [4.69, 9.17) is 17.3 Å². The van der Waals surface area contributed by atoms with E-state index in [1.807, 2.05) is 55.5 Å². The molecular formula is C17H17ClN3O+. The highest BCUT2D eigenvalue weighted by molar-refractivity contribution is 6.30. The minimum atomic E-state index is -0.0894. The van der Waals surface area contributed by atoms with E-state index in [1.165, 1.54) is 0 Å². The van der Waals surface area contributed by atoms with Crippen molar-refractivity contribution in [3.05, 3.63) is 65.5 Å². The van der Waals surface area contributed by atoms with Crippen molar-refractivity contribution in [3.8, 4) is 0 Å². The van der Waals surface area contributed by atoms with Gasteiger partial charge in [0, 0.05) is 41.9 Å². The van der Waals surface area contributed by atoms with Crippen molar-refractivity contribution in [2.24, 2.45) is 4.99 Å². The van der Waals surface area contributed by atoms with Crippen LogP contribution in [0.25, 0.3) is 0 Å². The number of aliphatic hydroxyl groups excluding tert-OH is 1. The third-order valence-corrected chi connectivity index (χ3v) is 4.22. The van der Waals surface area contributed by atoms with Gasteiger partial charge in [-0.15, -0.1) is 0 Å². The van der Waals surface area contributed by atoms with E-state index in [9.17, 15) is 5.11 Å². The zero-order valence-corrected chi connectivity index (χ0v) is 13.0. The Morgan fingerprint density at radius 3 is 2.14 bits per heavy atom. The maximum absolute atomic E-state index is 9.84. The first kappa shape index (κ1) is 14.8. The molecule has 0 saturated carbocycles. The molecule has 1 aliphatic heterocycles. The number of amidine groups is 1. The summed E-state index contributed by atoms with van der Waals surface area (Å²) in [4.78, 5) is 4.44. The number of nitrogens with two attached hydrogens (primary N) is 1. The van der Waals surface area contributed by atoms with E-state index in [0.29, 0.717) is 10.7 Å². The Kier molecular flexibility index (Phi) is 3.74. The number of nitrogens with zero attached hydrogens (tertiary/aromatic N) is 2. The molecule has 0 bridgehead atoms. The number of aliphatic imine (C=N–C) groups is 1. The van der Waals surface area contributed by atoms with Crippen LogP contribution >= 0.6 is 11.6 Å². The first-order chi connectivity index (χ1) is 10.6. The lowest BCUT2D eigenvalue weighted by atomic mass is 10.1. The van der Waals surface area contributed by atoms with Crippen LogP contribution < -0.4 is 10.2 Å². The summed E-state index contributed by atoms with van der Waals surface area (Å²) in [7, 11) is 0. The Bertz CT molecular complexity index is 703. The zero-order chi connectivity index (χ0) is 15.7. The number of quaternary nitrogens is 1. The van der Waals surface area contributed by atoms with Crippen LogP contribution in [0.1, 0.15) is 6.92 Å². The van der Waals surface area contributed by atoms with Gasteiger partial charge in [-0.1, -0.05) is 11.6 Å². The van der Waals surface area contributed by atoms with E-state index < -0.39 is 0 Å². The summed E-state index contributed by atoms with van der Waals surface area (Å²) in [6, 6.07) is 15.2. The van der Waals surface area contributed by atoms with Crippen molar-refractivity contribution < 1.29 is 5.11 Å². The van der Waals surface area contributed by atoms with Gasteiger partial charge in [0.15, 0.2) is 5.70 Å². The summed E-state index contributed by atoms with van der Waals surface area (Å²) in [5, 5.41) is 10.5. The second-order valence-electron chi connectivity index (χ2n) is 5.19. The van der Waals surface area contributed by atoms with Gasteiger partial charge in [-0.3, -0.25) is 0 Å². The van der Waals surface area contributed by atoms with Crippen LogP contribution in [0, 0.1) is 0 Å². The van der Waals surface area contributed by atoms with Gasteiger partial charge in [0.1, 0.15) is 18.0 Å². The average Bonchev–Trinajstić information content (AvgIpc) is 2.86. The molecule has 2 aromatic carbocycles. The summed E-state index contributed by atoms with van der Waals surface area (Å²) in [6.45, 7) is 1.86. The molecule has 0 fully saturated rings. The Morgan fingerprint density at radius 1 is 1.05 bits per heavy atom. The van der Waals surface area contributed by atoms with Crippen molar-refractivity contribution in [2.45, 2.75) is 6.92 Å². The molecule has 0 amide bonds. The van der Waals surface area contributed by atoms with Crippen LogP contribution in [-0.2, 0) is 0 Å². The highest BCUT2D eigenvalue weighted by Crippen LogP contribution is 2.43. The Morgan fingerprint density at radius 2 is 1.59 bits per heavy atom. The largest absolute Gasteiger partial charge is 0.399 e. The van der Waals surface area contributed by atoms with E-state index in [0.717, 1.165) is 22.9 Å². The van der Waals surface area contributed by atoms with Gasteiger partial charge in [-0.2, -0.15) is 4.48 Å². The molecule has 2 aromatic rings. The van der Waals surface area contributed by atoms with E-state index in [1.54, 1.807) is 6.20 Å². The highest BCUT2D eigenvalue weighted by atomic mass is 35.5. The fraction of sp³-hybridized carbons (Fsp3) is 0.118. The van der Waals surface area contributed by atoms with Gasteiger partial charge in [0.2, 0.25) is 5.84 Å². The quantitative estimate of drug-likeness (QED) is 0.668. The van der Waals surface area contributed by atoms with Gasteiger partial charge >= 0.3 is 0 Å². The van der Waals surface area contributed by atoms with Gasteiger partial charge in [-0.25, -0.2) is 4.99 Å². The smallest absolute Gasteiger partial charge is 0.215 e. The molecule has 22 heavy (non-hydrogen) atoms. The number of halogens is 1. The number of benzene rings is 2. The number of hydrogen-bond donors (Lipinski definition) is 2. The Hall–Kier alpha value is -2.14. The van der Waals surface area contributed by atoms with Crippen molar-refractivity contribution in [3.63, 3.8) is 0 Å². The molecule has 0 radical (unpaired) electrons. The lowest BCUT2D eigenvalue weighted by Gasteiger charge is -2.34. The topological polar surface area (TPSA) is 58.6 Å². The minimum absolute atomic E-state index is 0.0894. The summed E-state index contributed by atoms with van der Waals surface area (Å²) >= 11 is 6.02. The van der Waals surface area contributed by atoms with Crippen LogP contribution in [-0.4, -0.2) is 17.5 Å². The lowest BCUT2D eigenvalue weighted by molar-refractivity contribution is 0.311. The minimum Gasteiger partial charge on any atom is -0.399 e. The van der Waals surface area contributed by atoms with Gasteiger partial charge in [0.25, 0.3) is 0 Å². The molecule has 1 unspecified atom stereocenters. The highest BCUT2D eigenvalue weighted by Gasteiger charge is 2.44. The fourth-order valence-corrected chi connectivity index (χ4v) is 3.04. The molecule has 0 aromatic heterocycles. The molecule has 1 aliphatic rings. The summed E-state index contributed by atoms with van der Waals surface area (Å²) in [5.74, 6) is 0.858. The predicted octanol–water partition coefficient (Wildman–Crippen LogP) is 3.83. The average molecular weight is 315 g/mol. The van der Waals surface area contributed by atoms with Crippen molar-refractivity contribution in [2.75, 3.05) is 12.3 Å². The number of anilines is 1. The Labute approximate surface area is 134 Å². The van der Waals surface area contributed by atoms with Crippen molar-refractivity contribution >= 4 is 34.5 Å². The molecule has 1 heterocycles. The fourth-order valence-electron chi connectivity index (χ4n) is 2.91. The summed E-state index contributed by atoms with van der Waals surface area (Å²) in [5.41, 5.74) is 9.22. The molecule has 1 atom stereocenters. The number of aliphatic hydroxyl groups is 1. The third kappa shape index (κ3) is 2.13. The predicted molar refractivity (Wildman–Crippen MR) is 92.0 cm³/mol. The number of nitrogen functional groups attached to an aromatic ring is 1. The maximum atomic E-state index is 9.84. The standard InChI is InChI=1S/C17H17ClN3O/c1-12-20-10-17(11-22)21(12,15-6-2-13(18)3-7-15)16-8-4-14(19)5-9-16/h2-10,22H,11,19H2,1H3/q+1. The van der Waals surface area contributed by atoms with Crippen molar-refractivity contribution in [1.29, 1.82) is 0 Å². The first-order valence-electron chi connectivity index (χ1n) is 6.96. The second-order valence-corrected chi connectivity index (χ2v) is 5.63. The van der Waals surface area contributed by atoms with Crippen LogP contribution in [0.3, 0.4) is 0 Å². The third-order valence-electron chi connectivity index (χ3n) is 3.97. The maximum Gasteiger partial charge on any atom is 0.215 e. The normalized spacial score (nSPS) is 20.7. The van der Waals surface area contributed by atoms with Crippen LogP contribution in [0.4, 0.5) is 17.1 Å². The number of hydrogen-bond acceptors (Lipinski definition) is 3. The Balaban J connectivity index is 2.27. The van der Waals surface area contributed by atoms with Crippen molar-refractivity contribution in [1.82, 2.24) is 4.48 Å². The van der Waals surface area contributed by atoms with E-state index in [-0.39, 0.29) is 11.1 Å². The van der Waals surface area contributed by atoms with Gasteiger partial charge in [-0.05, 0) is 24.3 Å². The summed E-state index contributed by atoms with van der Waals surface area (Å²) < 4.78 is 0.272. The van der Waals surface area contributed by atoms with Crippen LogP contribution in [0.15, 0.2) is 65.4 Å². The molecule has 0 spiro atoms. The summed E-state index contributed by atoms with van der Waals surface area (Å²) in [6.07, 6.45) is 1.72. The molecule has 3 N–H and O–H groups in total. The molecule has 0 saturated heterocycles. The molecule has 4 nitrogen and oxygen atoms in total. The molecule has 112 valence electrons. The second kappa shape index (κ2) is 5.57. The molecule has 0 aliphatic carbocycles. The molecular weight excluding hydrogens is 298 g/mol.